The Kier molecular flexibility index (Phi) is 6.24. The van der Waals surface area contributed by atoms with E-state index in [1.165, 1.54) is 66.7 Å². The van der Waals surface area contributed by atoms with Crippen LogP contribution in [0.25, 0.3) is 0 Å². The number of halogens is 1. The van der Waals surface area contributed by atoms with Crippen molar-refractivity contribution in [3.63, 3.8) is 0 Å². The molecule has 0 aromatic heterocycles. The second-order valence-electron chi connectivity index (χ2n) is 9.56. The molecule has 0 saturated heterocycles. The molecule has 11 nitrogen and oxygen atoms in total. The van der Waals surface area contributed by atoms with Crippen LogP contribution in [0.4, 0.5) is 11.4 Å². The Morgan fingerprint density at radius 3 is 1.47 bits per heavy atom. The highest BCUT2D eigenvalue weighted by molar-refractivity contribution is 6.40. The first-order chi connectivity index (χ1) is 20.5. The van der Waals surface area contributed by atoms with Gasteiger partial charge in [0, 0.05) is 11.1 Å². The van der Waals surface area contributed by atoms with E-state index in [0.717, 1.165) is 21.9 Å². The van der Waals surface area contributed by atoms with E-state index < -0.39 is 41.4 Å². The summed E-state index contributed by atoms with van der Waals surface area (Å²) in [5.41, 5.74) is 0.141. The van der Waals surface area contributed by atoms with E-state index in [4.69, 9.17) is 11.6 Å². The molecule has 0 atom stereocenters. The molecule has 2 N–H and O–H groups in total. The molecule has 2 aliphatic rings. The molecule has 2 heterocycles. The number of carboxylic acid groups (broad SMARTS) is 2. The van der Waals surface area contributed by atoms with E-state index in [1.54, 1.807) is 0 Å². The number of amides is 4. The van der Waals surface area contributed by atoms with Crippen LogP contribution >= 0.6 is 11.6 Å². The predicted molar refractivity (Wildman–Crippen MR) is 150 cm³/mol. The summed E-state index contributed by atoms with van der Waals surface area (Å²) in [5, 5.41) is 18.3. The first-order valence-corrected chi connectivity index (χ1v) is 12.8. The van der Waals surface area contributed by atoms with Crippen molar-refractivity contribution < 1.29 is 43.8 Å². The fraction of sp³-hybridized carbons (Fsp3) is 0. The maximum absolute atomic E-state index is 13.2. The molecule has 0 spiro atoms. The molecule has 0 radical (unpaired) electrons. The molecule has 4 aromatic rings. The number of hydrogen-bond acceptors (Lipinski definition) is 7. The van der Waals surface area contributed by atoms with Crippen LogP contribution in [0, 0.1) is 0 Å². The predicted octanol–water partition coefficient (Wildman–Crippen LogP) is 4.57. The highest BCUT2D eigenvalue weighted by Crippen LogP contribution is 2.35. The quantitative estimate of drug-likeness (QED) is 0.240. The number of rotatable bonds is 6. The number of nitrogens with zero attached hydrogens (tertiary/aromatic N) is 2. The molecule has 6 rings (SSSR count). The van der Waals surface area contributed by atoms with Gasteiger partial charge in [0.25, 0.3) is 23.6 Å². The van der Waals surface area contributed by atoms with Gasteiger partial charge in [-0.15, -0.1) is 0 Å². The summed E-state index contributed by atoms with van der Waals surface area (Å²) < 4.78 is 0. The molecule has 0 aliphatic carbocycles. The number of carboxylic acids is 2. The second-order valence-corrected chi connectivity index (χ2v) is 9.97. The molecular formula is C31H15ClN2O9. The van der Waals surface area contributed by atoms with Crippen molar-refractivity contribution in [2.75, 3.05) is 9.80 Å². The number of ketones is 1. The highest BCUT2D eigenvalue weighted by atomic mass is 35.5. The minimum absolute atomic E-state index is 0.00770. The van der Waals surface area contributed by atoms with Gasteiger partial charge in [0.15, 0.2) is 5.78 Å². The third-order valence-corrected chi connectivity index (χ3v) is 7.41. The number of carbonyl (C=O) groups is 7. The van der Waals surface area contributed by atoms with Gasteiger partial charge >= 0.3 is 11.9 Å². The van der Waals surface area contributed by atoms with E-state index in [1.807, 2.05) is 0 Å². The van der Waals surface area contributed by atoms with E-state index in [9.17, 15) is 43.8 Å². The van der Waals surface area contributed by atoms with Gasteiger partial charge in [-0.2, -0.15) is 0 Å². The van der Waals surface area contributed by atoms with Gasteiger partial charge in [0.2, 0.25) is 0 Å². The zero-order valence-corrected chi connectivity index (χ0v) is 22.3. The minimum atomic E-state index is -1.26. The Bertz CT molecular complexity index is 2000. The summed E-state index contributed by atoms with van der Waals surface area (Å²) in [4.78, 5) is 89.2. The molecule has 4 amide bonds. The molecule has 2 aliphatic heterocycles. The first-order valence-electron chi connectivity index (χ1n) is 12.4. The van der Waals surface area contributed by atoms with Crippen molar-refractivity contribution in [2.45, 2.75) is 0 Å². The fourth-order valence-corrected chi connectivity index (χ4v) is 5.22. The lowest BCUT2D eigenvalue weighted by atomic mass is 10.0. The normalized spacial score (nSPS) is 13.8. The third-order valence-electron chi connectivity index (χ3n) is 7.11. The molecule has 210 valence electrons. The van der Waals surface area contributed by atoms with Crippen molar-refractivity contribution in [3.8, 4) is 0 Å². The summed E-state index contributed by atoms with van der Waals surface area (Å²) in [7, 11) is 0. The Balaban J connectivity index is 1.23. The average Bonchev–Trinajstić information content (AvgIpc) is 3.40. The van der Waals surface area contributed by atoms with Gasteiger partial charge in [-0.3, -0.25) is 24.0 Å². The lowest BCUT2D eigenvalue weighted by Crippen LogP contribution is -2.29. The van der Waals surface area contributed by atoms with Crippen LogP contribution in [0.2, 0.25) is 5.02 Å². The minimum Gasteiger partial charge on any atom is -0.478 e. The second kappa shape index (κ2) is 9.86. The standard InChI is InChI=1S/C31H15ClN2O9/c32-23-13-15(5-10-24(23)34-27(37)20-9-4-17(31(42)43)12-22(20)29(34)39)25(35)14-1-6-18(7-2-14)33-26(36)19-8-3-16(30(40)41)11-21(19)28(33)38/h1-13H,(H,40,41)(H,42,43). The van der Waals surface area contributed by atoms with E-state index >= 15 is 0 Å². The summed E-state index contributed by atoms with van der Waals surface area (Å²) in [6.07, 6.45) is 0. The van der Waals surface area contributed by atoms with Crippen LogP contribution in [-0.4, -0.2) is 51.6 Å². The van der Waals surface area contributed by atoms with Crippen LogP contribution in [0.5, 0.6) is 0 Å². The maximum Gasteiger partial charge on any atom is 0.335 e. The number of hydrogen-bond donors (Lipinski definition) is 2. The monoisotopic (exact) mass is 594 g/mol. The number of imide groups is 2. The van der Waals surface area contributed by atoms with Crippen molar-refractivity contribution in [3.05, 3.63) is 128 Å². The molecule has 43 heavy (non-hydrogen) atoms. The smallest absolute Gasteiger partial charge is 0.335 e. The van der Waals surface area contributed by atoms with Crippen LogP contribution in [0.15, 0.2) is 78.9 Å². The van der Waals surface area contributed by atoms with Crippen LogP contribution in [-0.2, 0) is 0 Å². The van der Waals surface area contributed by atoms with E-state index in [0.29, 0.717) is 0 Å². The summed E-state index contributed by atoms with van der Waals surface area (Å²) in [5.74, 6) is -5.76. The summed E-state index contributed by atoms with van der Waals surface area (Å²) in [6.45, 7) is 0. The van der Waals surface area contributed by atoms with Gasteiger partial charge in [0.1, 0.15) is 0 Å². The number of anilines is 2. The largest absolute Gasteiger partial charge is 0.478 e. The van der Waals surface area contributed by atoms with Gasteiger partial charge < -0.3 is 10.2 Å². The number of benzene rings is 4. The number of carbonyl (C=O) groups excluding carboxylic acids is 5. The van der Waals surface area contributed by atoms with Crippen molar-refractivity contribution >= 4 is 64.3 Å². The van der Waals surface area contributed by atoms with Gasteiger partial charge in [0.05, 0.1) is 49.8 Å². The lowest BCUT2D eigenvalue weighted by molar-refractivity contribution is 0.0686. The highest BCUT2D eigenvalue weighted by Gasteiger charge is 2.39. The zero-order chi connectivity index (χ0) is 30.7. The SMILES string of the molecule is O=C(O)c1ccc2c(c1)C(=O)N(c1ccc(C(=O)c3ccc(N4C(=O)c5ccc(C(=O)O)cc5C4=O)c(Cl)c3)cc1)C2=O. The van der Waals surface area contributed by atoms with Gasteiger partial charge in [-0.05, 0) is 78.9 Å². The fourth-order valence-electron chi connectivity index (χ4n) is 4.96. The molecule has 0 unspecified atom stereocenters. The molecule has 0 saturated carbocycles. The van der Waals surface area contributed by atoms with Crippen LogP contribution in [0.3, 0.4) is 0 Å². The zero-order valence-electron chi connectivity index (χ0n) is 21.5. The molecule has 4 aromatic carbocycles. The average molecular weight is 595 g/mol. The van der Waals surface area contributed by atoms with Crippen molar-refractivity contribution in [2.24, 2.45) is 0 Å². The number of aromatic carboxylic acids is 2. The Morgan fingerprint density at radius 2 is 0.953 bits per heavy atom. The molecule has 0 bridgehead atoms. The van der Waals surface area contributed by atoms with Crippen LogP contribution < -0.4 is 9.80 Å². The first kappa shape index (κ1) is 27.2. The van der Waals surface area contributed by atoms with E-state index in [2.05, 4.69) is 0 Å². The third kappa shape index (κ3) is 4.26. The lowest BCUT2D eigenvalue weighted by Gasteiger charge is -2.16. The topological polar surface area (TPSA) is 166 Å². The Hall–Kier alpha value is -5.94. The summed E-state index contributed by atoms with van der Waals surface area (Å²) in [6, 6.07) is 16.8. The Morgan fingerprint density at radius 1 is 0.512 bits per heavy atom. The molecular weight excluding hydrogens is 580 g/mol. The van der Waals surface area contributed by atoms with Crippen molar-refractivity contribution in [1.29, 1.82) is 0 Å². The Labute approximate surface area is 246 Å². The van der Waals surface area contributed by atoms with Gasteiger partial charge in [-0.1, -0.05) is 11.6 Å². The number of fused-ring (bicyclic) bond motifs is 2. The maximum atomic E-state index is 13.2. The molecule has 12 heteroatoms. The molecule has 0 fully saturated rings. The van der Waals surface area contributed by atoms with E-state index in [-0.39, 0.29) is 60.9 Å². The van der Waals surface area contributed by atoms with Crippen LogP contribution in [0.1, 0.15) is 78.1 Å². The van der Waals surface area contributed by atoms with Crippen molar-refractivity contribution in [1.82, 2.24) is 0 Å². The summed E-state index contributed by atoms with van der Waals surface area (Å²) >= 11 is 6.40. The van der Waals surface area contributed by atoms with Gasteiger partial charge in [-0.25, -0.2) is 19.4 Å².